The van der Waals surface area contributed by atoms with Crippen molar-refractivity contribution < 1.29 is 9.90 Å². The topological polar surface area (TPSA) is 77.2 Å². The first-order valence-electron chi connectivity index (χ1n) is 6.69. The Balaban J connectivity index is 2.05. The van der Waals surface area contributed by atoms with Crippen LogP contribution in [0.25, 0.3) is 10.9 Å². The Morgan fingerprint density at radius 3 is 2.80 bits per heavy atom. The van der Waals surface area contributed by atoms with E-state index >= 15 is 0 Å². The van der Waals surface area contributed by atoms with Crippen LogP contribution in [0, 0.1) is 6.92 Å². The lowest BCUT2D eigenvalue weighted by Gasteiger charge is -2.25. The monoisotopic (exact) mass is 275 g/mol. The number of amides is 2. The number of carbonyl (C=O) groups is 1. The van der Waals surface area contributed by atoms with Crippen molar-refractivity contribution in [3.63, 3.8) is 0 Å². The second-order valence-corrected chi connectivity index (χ2v) is 5.69. The quantitative estimate of drug-likeness (QED) is 0.692. The average Bonchev–Trinajstić information content (AvgIpc) is 2.67. The van der Waals surface area contributed by atoms with Gasteiger partial charge in [-0.05, 0) is 51.5 Å². The van der Waals surface area contributed by atoms with Gasteiger partial charge in [-0.2, -0.15) is 0 Å². The molecule has 2 aromatic rings. The lowest BCUT2D eigenvalue weighted by atomic mass is 10.0. The van der Waals surface area contributed by atoms with Crippen molar-refractivity contribution in [2.24, 2.45) is 0 Å². The minimum absolute atomic E-state index is 0.0435. The van der Waals surface area contributed by atoms with Gasteiger partial charge in [-0.3, -0.25) is 0 Å². The summed E-state index contributed by atoms with van der Waals surface area (Å²) in [7, 11) is 0. The van der Waals surface area contributed by atoms with Gasteiger partial charge >= 0.3 is 6.03 Å². The molecule has 2 amide bonds. The number of rotatable bonds is 4. The number of benzene rings is 1. The lowest BCUT2D eigenvalue weighted by Crippen LogP contribution is -2.46. The Labute approximate surface area is 118 Å². The summed E-state index contributed by atoms with van der Waals surface area (Å²) < 4.78 is 0. The molecule has 0 bridgehead atoms. The highest BCUT2D eigenvalue weighted by molar-refractivity contribution is 5.93. The number of fused-ring (bicyclic) bond motifs is 1. The Morgan fingerprint density at radius 1 is 1.35 bits per heavy atom. The fourth-order valence-corrected chi connectivity index (χ4v) is 2.17. The summed E-state index contributed by atoms with van der Waals surface area (Å²) in [4.78, 5) is 15.2. The first kappa shape index (κ1) is 14.4. The second-order valence-electron chi connectivity index (χ2n) is 5.69. The Hall–Kier alpha value is -2.01. The van der Waals surface area contributed by atoms with Gasteiger partial charge in [0.05, 0.1) is 0 Å². The van der Waals surface area contributed by atoms with Gasteiger partial charge in [-0.1, -0.05) is 0 Å². The van der Waals surface area contributed by atoms with Crippen molar-refractivity contribution >= 4 is 22.6 Å². The molecule has 0 aliphatic carbocycles. The number of urea groups is 1. The SMILES string of the molecule is Cc1cc2cc(NC(=O)NC(C)(C)CCO)ccc2[nH]1. The van der Waals surface area contributed by atoms with E-state index in [1.807, 2.05) is 45.0 Å². The molecule has 5 nitrogen and oxygen atoms in total. The predicted octanol–water partition coefficient (Wildman–Crippen LogP) is 2.76. The second kappa shape index (κ2) is 5.54. The molecule has 1 aromatic carbocycles. The number of nitrogens with one attached hydrogen (secondary N) is 3. The van der Waals surface area contributed by atoms with Crippen LogP contribution in [0.1, 0.15) is 26.0 Å². The summed E-state index contributed by atoms with van der Waals surface area (Å²) in [5, 5.41) is 15.7. The van der Waals surface area contributed by atoms with Gasteiger partial charge < -0.3 is 20.7 Å². The molecule has 0 saturated heterocycles. The number of hydrogen-bond donors (Lipinski definition) is 4. The van der Waals surface area contributed by atoms with Gasteiger partial charge in [-0.15, -0.1) is 0 Å². The van der Waals surface area contributed by atoms with Crippen molar-refractivity contribution in [1.29, 1.82) is 0 Å². The van der Waals surface area contributed by atoms with E-state index in [1.165, 1.54) is 0 Å². The molecule has 0 unspecified atom stereocenters. The van der Waals surface area contributed by atoms with E-state index in [2.05, 4.69) is 15.6 Å². The molecular weight excluding hydrogens is 254 g/mol. The summed E-state index contributed by atoms with van der Waals surface area (Å²) >= 11 is 0. The molecule has 1 aromatic heterocycles. The van der Waals surface area contributed by atoms with E-state index in [9.17, 15) is 4.79 Å². The fourth-order valence-electron chi connectivity index (χ4n) is 2.17. The lowest BCUT2D eigenvalue weighted by molar-refractivity contribution is 0.218. The Bertz CT molecular complexity index is 617. The third-order valence-electron chi connectivity index (χ3n) is 3.20. The number of aromatic nitrogens is 1. The standard InChI is InChI=1S/C15H21N3O2/c1-10-8-11-9-12(4-5-13(11)16-10)17-14(20)18-15(2,3)6-7-19/h4-5,8-9,16,19H,6-7H2,1-3H3,(H2,17,18,20). The van der Waals surface area contributed by atoms with E-state index in [0.29, 0.717) is 6.42 Å². The van der Waals surface area contributed by atoms with Gasteiger partial charge in [0, 0.05) is 34.4 Å². The molecule has 1 heterocycles. The van der Waals surface area contributed by atoms with Gasteiger partial charge in [-0.25, -0.2) is 4.79 Å². The van der Waals surface area contributed by atoms with Crippen LogP contribution in [0.5, 0.6) is 0 Å². The van der Waals surface area contributed by atoms with Crippen LogP contribution in [0.2, 0.25) is 0 Å². The average molecular weight is 275 g/mol. The summed E-state index contributed by atoms with van der Waals surface area (Å²) in [5.41, 5.74) is 2.45. The van der Waals surface area contributed by atoms with Crippen molar-refractivity contribution in [2.45, 2.75) is 32.7 Å². The Kier molecular flexibility index (Phi) is 3.99. The number of aliphatic hydroxyl groups is 1. The van der Waals surface area contributed by atoms with Gasteiger partial charge in [0.15, 0.2) is 0 Å². The summed E-state index contributed by atoms with van der Waals surface area (Å²) in [6.07, 6.45) is 0.510. The van der Waals surface area contributed by atoms with Crippen molar-refractivity contribution in [2.75, 3.05) is 11.9 Å². The smallest absolute Gasteiger partial charge is 0.319 e. The number of carbonyl (C=O) groups excluding carboxylic acids is 1. The van der Waals surface area contributed by atoms with Crippen LogP contribution in [0.15, 0.2) is 24.3 Å². The van der Waals surface area contributed by atoms with Gasteiger partial charge in [0.1, 0.15) is 0 Å². The zero-order chi connectivity index (χ0) is 14.8. The zero-order valence-electron chi connectivity index (χ0n) is 12.1. The molecule has 0 spiro atoms. The largest absolute Gasteiger partial charge is 0.396 e. The third kappa shape index (κ3) is 3.51. The highest BCUT2D eigenvalue weighted by Crippen LogP contribution is 2.20. The number of aliphatic hydroxyl groups excluding tert-OH is 1. The minimum Gasteiger partial charge on any atom is -0.396 e. The highest BCUT2D eigenvalue weighted by Gasteiger charge is 2.19. The normalized spacial score (nSPS) is 11.6. The maximum Gasteiger partial charge on any atom is 0.319 e. The van der Waals surface area contributed by atoms with Crippen LogP contribution < -0.4 is 10.6 Å². The van der Waals surface area contributed by atoms with Crippen LogP contribution in [-0.2, 0) is 0 Å². The zero-order valence-corrected chi connectivity index (χ0v) is 12.1. The van der Waals surface area contributed by atoms with Crippen molar-refractivity contribution in [1.82, 2.24) is 10.3 Å². The van der Waals surface area contributed by atoms with Crippen molar-refractivity contribution in [3.8, 4) is 0 Å². The molecular formula is C15H21N3O2. The molecule has 0 radical (unpaired) electrons. The van der Waals surface area contributed by atoms with E-state index in [0.717, 1.165) is 22.3 Å². The summed E-state index contributed by atoms with van der Waals surface area (Å²) in [6.45, 7) is 5.79. The van der Waals surface area contributed by atoms with E-state index in [-0.39, 0.29) is 12.6 Å². The van der Waals surface area contributed by atoms with Crippen LogP contribution in [-0.4, -0.2) is 28.3 Å². The maximum atomic E-state index is 11.9. The minimum atomic E-state index is -0.437. The first-order valence-corrected chi connectivity index (χ1v) is 6.69. The predicted molar refractivity (Wildman–Crippen MR) is 81.0 cm³/mol. The van der Waals surface area contributed by atoms with Gasteiger partial charge in [0.25, 0.3) is 0 Å². The van der Waals surface area contributed by atoms with Crippen LogP contribution in [0.4, 0.5) is 10.5 Å². The Morgan fingerprint density at radius 2 is 2.10 bits per heavy atom. The molecule has 0 aliphatic rings. The molecule has 0 aliphatic heterocycles. The molecule has 0 saturated carbocycles. The molecule has 0 atom stereocenters. The molecule has 5 heteroatoms. The van der Waals surface area contributed by atoms with Crippen LogP contribution >= 0.6 is 0 Å². The number of hydrogen-bond acceptors (Lipinski definition) is 2. The number of H-pyrrole nitrogens is 1. The number of aromatic amines is 1. The highest BCUT2D eigenvalue weighted by atomic mass is 16.3. The molecule has 108 valence electrons. The van der Waals surface area contributed by atoms with Crippen molar-refractivity contribution in [3.05, 3.63) is 30.0 Å². The summed E-state index contributed by atoms with van der Waals surface area (Å²) in [5.74, 6) is 0. The fraction of sp³-hybridized carbons (Fsp3) is 0.400. The van der Waals surface area contributed by atoms with Crippen LogP contribution in [0.3, 0.4) is 0 Å². The molecule has 0 fully saturated rings. The van der Waals surface area contributed by atoms with E-state index in [1.54, 1.807) is 0 Å². The number of anilines is 1. The van der Waals surface area contributed by atoms with Gasteiger partial charge in [0.2, 0.25) is 0 Å². The first-order chi connectivity index (χ1) is 9.39. The number of aryl methyl sites for hydroxylation is 1. The molecule has 2 rings (SSSR count). The maximum absolute atomic E-state index is 11.9. The summed E-state index contributed by atoms with van der Waals surface area (Å²) in [6, 6.07) is 7.49. The van der Waals surface area contributed by atoms with E-state index < -0.39 is 5.54 Å². The third-order valence-corrected chi connectivity index (χ3v) is 3.20. The molecule has 4 N–H and O–H groups in total. The molecule has 20 heavy (non-hydrogen) atoms. The van der Waals surface area contributed by atoms with E-state index in [4.69, 9.17) is 5.11 Å².